The Morgan fingerprint density at radius 3 is 2.86 bits per heavy atom. The monoisotopic (exact) mass is 574 g/mol. The van der Waals surface area contributed by atoms with Crippen molar-refractivity contribution in [2.24, 2.45) is 12.2 Å². The Kier molecular flexibility index (Phi) is 7.02. The maximum atomic E-state index is 13.2. The van der Waals surface area contributed by atoms with Gasteiger partial charge in [-0.2, -0.15) is 9.36 Å². The molecule has 0 saturated carbocycles. The van der Waals surface area contributed by atoms with Gasteiger partial charge in [0, 0.05) is 39.4 Å². The highest BCUT2D eigenvalue weighted by Gasteiger charge is 2.54. The third-order valence-electron chi connectivity index (χ3n) is 5.68. The van der Waals surface area contributed by atoms with Crippen molar-refractivity contribution in [1.29, 1.82) is 0 Å². The molecule has 5 heterocycles. The lowest BCUT2D eigenvalue weighted by atomic mass is 10.0. The molecule has 2 aliphatic heterocycles. The van der Waals surface area contributed by atoms with Crippen molar-refractivity contribution >= 4 is 80.6 Å². The topological polar surface area (TPSA) is 144 Å². The van der Waals surface area contributed by atoms with Crippen LogP contribution in [0.5, 0.6) is 0 Å². The fourth-order valence-corrected chi connectivity index (χ4v) is 7.13. The van der Waals surface area contributed by atoms with E-state index in [0.717, 1.165) is 33.1 Å². The first-order chi connectivity index (χ1) is 17.8. The minimum Gasteiger partial charge on any atom is -0.398 e. The van der Waals surface area contributed by atoms with E-state index in [1.165, 1.54) is 35.1 Å². The molecule has 190 valence electrons. The molecule has 37 heavy (non-hydrogen) atoms. The van der Waals surface area contributed by atoms with Crippen LogP contribution in [0, 0.1) is 0 Å². The lowest BCUT2D eigenvalue weighted by Crippen LogP contribution is -2.70. The zero-order valence-corrected chi connectivity index (χ0v) is 22.8. The second-order valence-corrected chi connectivity index (χ2v) is 11.2. The van der Waals surface area contributed by atoms with Gasteiger partial charge in [-0.15, -0.1) is 23.1 Å². The van der Waals surface area contributed by atoms with Crippen LogP contribution < -0.4 is 15.6 Å². The van der Waals surface area contributed by atoms with E-state index in [0.29, 0.717) is 5.75 Å². The summed E-state index contributed by atoms with van der Waals surface area (Å²) in [4.78, 5) is 49.7. The Labute approximate surface area is 229 Å². The largest absolute Gasteiger partial charge is 0.398 e. The molecule has 5 rings (SSSR count). The third-order valence-corrected chi connectivity index (χ3v) is 8.70. The molecule has 0 radical (unpaired) electrons. The Hall–Kier alpha value is -3.27. The molecule has 0 aliphatic carbocycles. The van der Waals surface area contributed by atoms with Crippen molar-refractivity contribution < 1.29 is 23.8 Å². The number of aromatic nitrogens is 3. The first-order valence-corrected chi connectivity index (χ1v) is 13.9. The normalized spacial score (nSPS) is 19.4. The van der Waals surface area contributed by atoms with Crippen molar-refractivity contribution in [3.63, 3.8) is 0 Å². The van der Waals surface area contributed by atoms with Gasteiger partial charge in [-0.3, -0.25) is 19.3 Å². The summed E-state index contributed by atoms with van der Waals surface area (Å²) >= 11 is 7.93. The lowest BCUT2D eigenvalue weighted by molar-refractivity contribution is -0.671. The predicted molar refractivity (Wildman–Crippen MR) is 145 cm³/mol. The van der Waals surface area contributed by atoms with Gasteiger partial charge < -0.3 is 15.9 Å². The molecule has 3 aromatic rings. The number of oxime groups is 1. The maximum Gasteiger partial charge on any atom is 0.278 e. The summed E-state index contributed by atoms with van der Waals surface area (Å²) < 4.78 is 5.95. The number of aryl methyl sites for hydroxylation is 1. The fraction of sp³-hybridized carbons (Fsp3) is 0.227. The number of thioether (sulfide) groups is 1. The summed E-state index contributed by atoms with van der Waals surface area (Å²) in [6.45, 7) is 0. The second kappa shape index (κ2) is 10.2. The van der Waals surface area contributed by atoms with Crippen molar-refractivity contribution in [2.45, 2.75) is 11.4 Å². The molecule has 1 fully saturated rings. The molecule has 3 N–H and O–H groups in total. The molecule has 15 heteroatoms. The van der Waals surface area contributed by atoms with Crippen LogP contribution >= 0.6 is 47.3 Å². The summed E-state index contributed by atoms with van der Waals surface area (Å²) in [6, 6.07) is 5.11. The number of β-lactam (4-membered cyclic amide) rings is 1. The molecule has 2 atom stereocenters. The van der Waals surface area contributed by atoms with Crippen LogP contribution in [0.2, 0.25) is 0 Å². The SMILES string of the molecule is CO/N=C(\C(=O)N[C@@H]1C(=O)N2C(C(=O)S)=C(c3cc(-c4ccc[n+](C)c4)cs3)CS[C@H]12)c1nsc(N)n1. The number of pyridine rings is 1. The van der Waals surface area contributed by atoms with Crippen molar-refractivity contribution in [2.75, 3.05) is 18.6 Å². The fourth-order valence-electron chi connectivity index (χ4n) is 4.03. The number of anilines is 1. The van der Waals surface area contributed by atoms with Crippen molar-refractivity contribution in [3.05, 3.63) is 52.4 Å². The average molecular weight is 575 g/mol. The molecule has 3 aromatic heterocycles. The maximum absolute atomic E-state index is 13.2. The Morgan fingerprint density at radius 2 is 2.19 bits per heavy atom. The zero-order valence-electron chi connectivity index (χ0n) is 19.4. The minimum atomic E-state index is -0.872. The van der Waals surface area contributed by atoms with Crippen LogP contribution in [-0.4, -0.2) is 61.2 Å². The van der Waals surface area contributed by atoms with Crippen LogP contribution in [0.25, 0.3) is 16.7 Å². The molecular formula is C22H20N7O4S4+. The highest BCUT2D eigenvalue weighted by atomic mass is 32.2. The molecule has 11 nitrogen and oxygen atoms in total. The Bertz CT molecular complexity index is 1480. The number of hydrogen-bond donors (Lipinski definition) is 3. The van der Waals surface area contributed by atoms with E-state index in [4.69, 9.17) is 10.6 Å². The third kappa shape index (κ3) is 4.74. The van der Waals surface area contributed by atoms with E-state index < -0.39 is 28.3 Å². The Morgan fingerprint density at radius 1 is 1.38 bits per heavy atom. The van der Waals surface area contributed by atoms with Gasteiger partial charge in [0.2, 0.25) is 16.7 Å². The number of fused-ring (bicyclic) bond motifs is 1. The summed E-state index contributed by atoms with van der Waals surface area (Å²) in [5, 5.41) is 7.56. The molecule has 2 aliphatic rings. The number of nitrogens with zero attached hydrogens (tertiary/aromatic N) is 5. The number of rotatable bonds is 7. The van der Waals surface area contributed by atoms with Crippen LogP contribution in [0.15, 0.2) is 46.8 Å². The number of carbonyl (C=O) groups is 3. The molecule has 0 bridgehead atoms. The van der Waals surface area contributed by atoms with Crippen LogP contribution in [-0.2, 0) is 26.3 Å². The standard InChI is InChI=1S/C22H19N7O4S4/c1-28-5-3-4-10(7-28)11-6-13(35-8-11)12-9-36-20-15(19(31)29(20)16(12)21(32)34)24-18(30)14(26-33-2)17-25-22(23)37-27-17/h3-8,15,20H,9H2,1-2H3,(H3-,23,24,25,27,30,32,34)/p+1/b26-14-/t15-,20-/m1/s1. The number of hydrogen-bond acceptors (Lipinski definition) is 11. The second-order valence-electron chi connectivity index (χ2n) is 8.03. The van der Waals surface area contributed by atoms with Crippen LogP contribution in [0.1, 0.15) is 10.7 Å². The highest BCUT2D eigenvalue weighted by Crippen LogP contribution is 2.45. The van der Waals surface area contributed by atoms with Gasteiger partial charge in [-0.1, -0.05) is 17.8 Å². The van der Waals surface area contributed by atoms with Gasteiger partial charge in [0.05, 0.1) is 0 Å². The smallest absolute Gasteiger partial charge is 0.278 e. The van der Waals surface area contributed by atoms with Crippen molar-refractivity contribution in [3.8, 4) is 11.1 Å². The summed E-state index contributed by atoms with van der Waals surface area (Å²) in [6.07, 6.45) is 3.96. The van der Waals surface area contributed by atoms with Gasteiger partial charge in [0.1, 0.15) is 31.3 Å². The summed E-state index contributed by atoms with van der Waals surface area (Å²) in [7, 11) is 3.23. The van der Waals surface area contributed by atoms with E-state index in [1.807, 2.05) is 47.6 Å². The number of thiophene rings is 1. The zero-order chi connectivity index (χ0) is 26.3. The first-order valence-electron chi connectivity index (χ1n) is 10.8. The lowest BCUT2D eigenvalue weighted by Gasteiger charge is -2.49. The number of nitrogens with one attached hydrogen (secondary N) is 1. The van der Waals surface area contributed by atoms with E-state index in [-0.39, 0.29) is 22.4 Å². The molecule has 1 saturated heterocycles. The number of amides is 2. The summed E-state index contributed by atoms with van der Waals surface area (Å²) in [5.74, 6) is -0.648. The van der Waals surface area contributed by atoms with Gasteiger partial charge in [0.25, 0.3) is 11.8 Å². The van der Waals surface area contributed by atoms with E-state index in [9.17, 15) is 14.4 Å². The van der Waals surface area contributed by atoms with Gasteiger partial charge in [-0.05, 0) is 23.1 Å². The number of nitrogen functional groups attached to an aromatic ring is 1. The molecule has 2 amide bonds. The molecule has 0 spiro atoms. The van der Waals surface area contributed by atoms with Gasteiger partial charge in [0.15, 0.2) is 17.5 Å². The van der Waals surface area contributed by atoms with E-state index in [2.05, 4.69) is 32.5 Å². The van der Waals surface area contributed by atoms with E-state index in [1.54, 1.807) is 0 Å². The van der Waals surface area contributed by atoms with Gasteiger partial charge >= 0.3 is 0 Å². The molecular weight excluding hydrogens is 555 g/mol. The van der Waals surface area contributed by atoms with Crippen LogP contribution in [0.3, 0.4) is 0 Å². The van der Waals surface area contributed by atoms with Gasteiger partial charge in [-0.25, -0.2) is 4.57 Å². The minimum absolute atomic E-state index is 0.00399. The van der Waals surface area contributed by atoms with Crippen LogP contribution in [0.4, 0.5) is 5.13 Å². The number of nitrogens with two attached hydrogens (primary N) is 1. The van der Waals surface area contributed by atoms with E-state index >= 15 is 0 Å². The average Bonchev–Trinajstić information content (AvgIpc) is 3.54. The molecule has 0 unspecified atom stereocenters. The highest BCUT2D eigenvalue weighted by molar-refractivity contribution is 8.00. The molecule has 0 aromatic carbocycles. The quantitative estimate of drug-likeness (QED) is 0.126. The summed E-state index contributed by atoms with van der Waals surface area (Å²) in [5.41, 5.74) is 8.44. The first kappa shape index (κ1) is 25.4. The number of carbonyl (C=O) groups excluding carboxylic acids is 3. The predicted octanol–water partition coefficient (Wildman–Crippen LogP) is 1.29. The number of thiol groups is 1. The van der Waals surface area contributed by atoms with Crippen molar-refractivity contribution in [1.82, 2.24) is 19.6 Å². The Balaban J connectivity index is 1.39.